The Morgan fingerprint density at radius 3 is 2.00 bits per heavy atom. The van der Waals surface area contributed by atoms with E-state index in [0.717, 1.165) is 0 Å². The van der Waals surface area contributed by atoms with Crippen molar-refractivity contribution in [1.29, 1.82) is 0 Å². The first-order valence-electron chi connectivity index (χ1n) is 3.83. The highest BCUT2D eigenvalue weighted by Gasteiger charge is 2.35. The van der Waals surface area contributed by atoms with E-state index in [1.165, 1.54) is 13.8 Å². The molecule has 0 atom stereocenters. The number of rotatable bonds is 3. The second kappa shape index (κ2) is 3.56. The number of amides is 1. The summed E-state index contributed by atoms with van der Waals surface area (Å²) in [5.74, 6) is -1.56. The van der Waals surface area contributed by atoms with Crippen LogP contribution in [-0.4, -0.2) is 23.0 Å². The van der Waals surface area contributed by atoms with Crippen molar-refractivity contribution in [1.82, 2.24) is 5.32 Å². The maximum absolute atomic E-state index is 11.2. The van der Waals surface area contributed by atoms with Gasteiger partial charge in [0.05, 0.1) is 0 Å². The molecule has 70 valence electrons. The largest absolute Gasteiger partial charge is 0.480 e. The molecule has 0 saturated heterocycles. The van der Waals surface area contributed by atoms with Crippen LogP contribution in [0.2, 0.25) is 0 Å². The first-order chi connectivity index (χ1) is 5.28. The Morgan fingerprint density at radius 1 is 1.33 bits per heavy atom. The molecule has 0 fully saturated rings. The molecule has 0 rings (SSSR count). The Kier molecular flexibility index (Phi) is 3.24. The van der Waals surface area contributed by atoms with Gasteiger partial charge < -0.3 is 10.4 Å². The predicted octanol–water partition coefficient (Wildman–Crippen LogP) is 0.622. The van der Waals surface area contributed by atoms with E-state index in [1.54, 1.807) is 13.8 Å². The fourth-order valence-corrected chi connectivity index (χ4v) is 0.540. The summed E-state index contributed by atoms with van der Waals surface area (Å²) in [5, 5.41) is 11.2. The van der Waals surface area contributed by atoms with E-state index in [2.05, 4.69) is 5.32 Å². The smallest absolute Gasteiger partial charge is 0.318 e. The third kappa shape index (κ3) is 2.53. The van der Waals surface area contributed by atoms with Crippen molar-refractivity contribution in [3.63, 3.8) is 0 Å². The normalized spacial score (nSPS) is 11.4. The Hall–Kier alpha value is -1.06. The van der Waals surface area contributed by atoms with Crippen LogP contribution in [-0.2, 0) is 9.59 Å². The number of hydrogen-bond donors (Lipinski definition) is 2. The van der Waals surface area contributed by atoms with E-state index in [9.17, 15) is 9.59 Å². The van der Waals surface area contributed by atoms with Crippen LogP contribution in [0.3, 0.4) is 0 Å². The Bertz CT molecular complexity index is 196. The van der Waals surface area contributed by atoms with E-state index in [4.69, 9.17) is 5.11 Å². The van der Waals surface area contributed by atoms with Crippen LogP contribution in [0, 0.1) is 5.41 Å². The second-order valence-corrected chi connectivity index (χ2v) is 3.56. The van der Waals surface area contributed by atoms with Gasteiger partial charge in [-0.1, -0.05) is 0 Å². The lowest BCUT2D eigenvalue weighted by Crippen LogP contribution is -2.44. The molecule has 12 heavy (non-hydrogen) atoms. The van der Waals surface area contributed by atoms with Gasteiger partial charge in [0, 0.05) is 6.04 Å². The summed E-state index contributed by atoms with van der Waals surface area (Å²) in [4.78, 5) is 21.8. The van der Waals surface area contributed by atoms with Gasteiger partial charge >= 0.3 is 5.97 Å². The number of carboxylic acids is 1. The van der Waals surface area contributed by atoms with Gasteiger partial charge in [0.25, 0.3) is 0 Å². The topological polar surface area (TPSA) is 66.4 Å². The van der Waals surface area contributed by atoms with E-state index < -0.39 is 17.3 Å². The number of carbonyl (C=O) groups excluding carboxylic acids is 1. The molecule has 0 spiro atoms. The molecule has 2 N–H and O–H groups in total. The molecule has 0 aromatic carbocycles. The average molecular weight is 173 g/mol. The van der Waals surface area contributed by atoms with Crippen LogP contribution in [0.25, 0.3) is 0 Å². The van der Waals surface area contributed by atoms with Crippen LogP contribution in [0.1, 0.15) is 27.7 Å². The molecular formula is C8H15NO3. The van der Waals surface area contributed by atoms with Crippen molar-refractivity contribution in [2.75, 3.05) is 0 Å². The molecule has 0 aliphatic carbocycles. The lowest BCUT2D eigenvalue weighted by Gasteiger charge is -2.19. The highest BCUT2D eigenvalue weighted by Crippen LogP contribution is 2.15. The molecule has 0 radical (unpaired) electrons. The third-order valence-corrected chi connectivity index (χ3v) is 1.52. The molecule has 0 aromatic heterocycles. The standard InChI is InChI=1S/C8H15NO3/c1-5(2)9-6(10)8(3,4)7(11)12/h5H,1-4H3,(H,9,10)(H,11,12). The summed E-state index contributed by atoms with van der Waals surface area (Å²) in [6.45, 7) is 6.34. The molecular weight excluding hydrogens is 158 g/mol. The highest BCUT2D eigenvalue weighted by molar-refractivity contribution is 6.01. The summed E-state index contributed by atoms with van der Waals surface area (Å²) >= 11 is 0. The Morgan fingerprint density at radius 2 is 1.75 bits per heavy atom. The minimum Gasteiger partial charge on any atom is -0.480 e. The van der Waals surface area contributed by atoms with E-state index >= 15 is 0 Å². The molecule has 0 aliphatic rings. The number of carboxylic acid groups (broad SMARTS) is 1. The van der Waals surface area contributed by atoms with Crippen LogP contribution < -0.4 is 5.32 Å². The van der Waals surface area contributed by atoms with Gasteiger partial charge in [-0.3, -0.25) is 9.59 Å². The van der Waals surface area contributed by atoms with Gasteiger partial charge in [0.1, 0.15) is 5.41 Å². The molecule has 0 aromatic rings. The molecule has 4 heteroatoms. The zero-order valence-electron chi connectivity index (χ0n) is 7.84. The number of hydrogen-bond acceptors (Lipinski definition) is 2. The van der Waals surface area contributed by atoms with Crippen molar-refractivity contribution in [3.05, 3.63) is 0 Å². The molecule has 0 bridgehead atoms. The number of aliphatic carboxylic acids is 1. The van der Waals surface area contributed by atoms with E-state index in [1.807, 2.05) is 0 Å². The first kappa shape index (κ1) is 10.9. The maximum Gasteiger partial charge on any atom is 0.318 e. The van der Waals surface area contributed by atoms with E-state index in [-0.39, 0.29) is 6.04 Å². The summed E-state index contributed by atoms with van der Waals surface area (Å²) in [7, 11) is 0. The van der Waals surface area contributed by atoms with Crippen molar-refractivity contribution in [3.8, 4) is 0 Å². The van der Waals surface area contributed by atoms with Crippen LogP contribution in [0.15, 0.2) is 0 Å². The fraction of sp³-hybridized carbons (Fsp3) is 0.750. The SMILES string of the molecule is CC(C)NC(=O)C(C)(C)C(=O)O. The minimum absolute atomic E-state index is 0.0314. The molecule has 0 saturated carbocycles. The summed E-state index contributed by atoms with van der Waals surface area (Å²) in [6, 6.07) is -0.0314. The maximum atomic E-state index is 11.2. The van der Waals surface area contributed by atoms with Crippen LogP contribution >= 0.6 is 0 Å². The Balaban J connectivity index is 4.36. The summed E-state index contributed by atoms with van der Waals surface area (Å²) in [6.07, 6.45) is 0. The molecule has 1 amide bonds. The fourth-order valence-electron chi connectivity index (χ4n) is 0.540. The first-order valence-corrected chi connectivity index (χ1v) is 3.83. The molecule has 0 heterocycles. The van der Waals surface area contributed by atoms with Gasteiger partial charge in [-0.2, -0.15) is 0 Å². The lowest BCUT2D eigenvalue weighted by molar-refractivity contribution is -0.153. The van der Waals surface area contributed by atoms with Crippen molar-refractivity contribution < 1.29 is 14.7 Å². The van der Waals surface area contributed by atoms with Crippen molar-refractivity contribution in [2.24, 2.45) is 5.41 Å². The summed E-state index contributed by atoms with van der Waals surface area (Å²) in [5.41, 5.74) is -1.34. The quantitative estimate of drug-likeness (QED) is 0.615. The van der Waals surface area contributed by atoms with Gasteiger partial charge in [-0.05, 0) is 27.7 Å². The van der Waals surface area contributed by atoms with E-state index in [0.29, 0.717) is 0 Å². The zero-order chi connectivity index (χ0) is 9.94. The van der Waals surface area contributed by atoms with Crippen molar-refractivity contribution >= 4 is 11.9 Å². The van der Waals surface area contributed by atoms with Crippen LogP contribution in [0.4, 0.5) is 0 Å². The van der Waals surface area contributed by atoms with Gasteiger partial charge in [0.2, 0.25) is 5.91 Å². The van der Waals surface area contributed by atoms with Crippen molar-refractivity contribution in [2.45, 2.75) is 33.7 Å². The van der Waals surface area contributed by atoms with Gasteiger partial charge in [0.15, 0.2) is 0 Å². The predicted molar refractivity (Wildman–Crippen MR) is 44.7 cm³/mol. The second-order valence-electron chi connectivity index (χ2n) is 3.56. The molecule has 4 nitrogen and oxygen atoms in total. The molecule has 0 unspecified atom stereocenters. The molecule has 0 aliphatic heterocycles. The highest BCUT2D eigenvalue weighted by atomic mass is 16.4. The minimum atomic E-state index is -1.34. The Labute approximate surface area is 72.0 Å². The third-order valence-electron chi connectivity index (χ3n) is 1.52. The van der Waals surface area contributed by atoms with Gasteiger partial charge in [-0.15, -0.1) is 0 Å². The zero-order valence-corrected chi connectivity index (χ0v) is 7.84. The van der Waals surface area contributed by atoms with Gasteiger partial charge in [-0.25, -0.2) is 0 Å². The number of carbonyl (C=O) groups is 2. The monoisotopic (exact) mass is 173 g/mol. The number of nitrogens with one attached hydrogen (secondary N) is 1. The summed E-state index contributed by atoms with van der Waals surface area (Å²) < 4.78 is 0. The lowest BCUT2D eigenvalue weighted by atomic mass is 9.92. The van der Waals surface area contributed by atoms with Crippen LogP contribution in [0.5, 0.6) is 0 Å². The average Bonchev–Trinajstić information content (AvgIpc) is 1.85.